The van der Waals surface area contributed by atoms with E-state index in [0.29, 0.717) is 18.1 Å². The van der Waals surface area contributed by atoms with Gasteiger partial charge in [0, 0.05) is 16.2 Å². The number of amides is 1. The Labute approximate surface area is 186 Å². The Morgan fingerprint density at radius 3 is 2.55 bits per heavy atom. The van der Waals surface area contributed by atoms with E-state index in [4.69, 9.17) is 9.47 Å². The molecule has 0 aliphatic carbocycles. The van der Waals surface area contributed by atoms with Gasteiger partial charge in [-0.15, -0.1) is 0 Å². The van der Waals surface area contributed by atoms with Gasteiger partial charge in [0.15, 0.2) is 11.5 Å². The number of hydrogen-bond donors (Lipinski definition) is 1. The number of carbonyl (C=O) groups excluding carboxylic acids is 1. The van der Waals surface area contributed by atoms with E-state index in [0.717, 1.165) is 25.8 Å². The van der Waals surface area contributed by atoms with Crippen LogP contribution in [-0.4, -0.2) is 13.0 Å². The van der Waals surface area contributed by atoms with Crippen molar-refractivity contribution in [2.75, 3.05) is 12.4 Å². The Morgan fingerprint density at radius 2 is 1.83 bits per heavy atom. The first-order valence-corrected chi connectivity index (χ1v) is 10.4. The van der Waals surface area contributed by atoms with Crippen LogP contribution in [-0.2, 0) is 11.4 Å². The molecule has 0 saturated heterocycles. The Balaban J connectivity index is 1.70. The molecular formula is C23H19Br2NO3. The predicted molar refractivity (Wildman–Crippen MR) is 123 cm³/mol. The summed E-state index contributed by atoms with van der Waals surface area (Å²) in [5.41, 5.74) is 2.59. The lowest BCUT2D eigenvalue weighted by molar-refractivity contribution is -0.111. The van der Waals surface area contributed by atoms with Crippen LogP contribution in [0.1, 0.15) is 11.1 Å². The Kier molecular flexibility index (Phi) is 7.49. The van der Waals surface area contributed by atoms with Crippen molar-refractivity contribution in [3.8, 4) is 11.5 Å². The van der Waals surface area contributed by atoms with E-state index in [1.807, 2.05) is 66.7 Å². The summed E-state index contributed by atoms with van der Waals surface area (Å²) in [4.78, 5) is 12.2. The average molecular weight is 517 g/mol. The third-order valence-electron chi connectivity index (χ3n) is 4.00. The van der Waals surface area contributed by atoms with Gasteiger partial charge < -0.3 is 14.8 Å². The Bertz CT molecular complexity index is 1020. The van der Waals surface area contributed by atoms with Gasteiger partial charge in [-0.25, -0.2) is 0 Å². The highest BCUT2D eigenvalue weighted by atomic mass is 79.9. The standard InChI is InChI=1S/C23H19Br2NO3/c1-28-21-13-17(10-11-22(27)26-19-9-5-8-18(24)14-19)12-20(25)23(21)29-15-16-6-3-2-4-7-16/h2-14H,15H2,1H3,(H,26,27)/b11-10+. The molecule has 0 radical (unpaired) electrons. The lowest BCUT2D eigenvalue weighted by atomic mass is 10.2. The number of benzene rings is 3. The second kappa shape index (κ2) is 10.3. The minimum atomic E-state index is -0.220. The molecule has 3 rings (SSSR count). The molecule has 1 amide bonds. The van der Waals surface area contributed by atoms with Crippen LogP contribution in [0.5, 0.6) is 11.5 Å². The number of methoxy groups -OCH3 is 1. The number of nitrogens with one attached hydrogen (secondary N) is 1. The Morgan fingerprint density at radius 1 is 1.03 bits per heavy atom. The molecule has 0 aromatic heterocycles. The second-order valence-electron chi connectivity index (χ2n) is 6.14. The summed E-state index contributed by atoms with van der Waals surface area (Å²) < 4.78 is 13.1. The molecule has 3 aromatic rings. The fraction of sp³-hybridized carbons (Fsp3) is 0.0870. The summed E-state index contributed by atoms with van der Waals surface area (Å²) in [6.45, 7) is 0.431. The fourth-order valence-electron chi connectivity index (χ4n) is 2.63. The Hall–Kier alpha value is -2.57. The molecule has 0 unspecified atom stereocenters. The van der Waals surface area contributed by atoms with E-state index in [-0.39, 0.29) is 5.91 Å². The van der Waals surface area contributed by atoms with Crippen molar-refractivity contribution in [1.29, 1.82) is 0 Å². The normalized spacial score (nSPS) is 10.7. The van der Waals surface area contributed by atoms with E-state index in [1.165, 1.54) is 6.08 Å². The summed E-state index contributed by atoms with van der Waals surface area (Å²) >= 11 is 6.92. The maximum Gasteiger partial charge on any atom is 0.248 e. The van der Waals surface area contributed by atoms with Crippen LogP contribution in [0.25, 0.3) is 6.08 Å². The molecule has 29 heavy (non-hydrogen) atoms. The second-order valence-corrected chi connectivity index (χ2v) is 7.91. The first kappa shape index (κ1) is 21.1. The van der Waals surface area contributed by atoms with Crippen molar-refractivity contribution in [1.82, 2.24) is 0 Å². The lowest BCUT2D eigenvalue weighted by Crippen LogP contribution is -2.07. The third kappa shape index (κ3) is 6.21. The highest BCUT2D eigenvalue weighted by Gasteiger charge is 2.11. The molecule has 0 aliphatic rings. The minimum absolute atomic E-state index is 0.220. The molecule has 0 fully saturated rings. The molecule has 0 saturated carbocycles. The number of halogens is 2. The van der Waals surface area contributed by atoms with Gasteiger partial charge in [-0.3, -0.25) is 4.79 Å². The van der Waals surface area contributed by atoms with Gasteiger partial charge in [-0.2, -0.15) is 0 Å². The predicted octanol–water partition coefficient (Wildman–Crippen LogP) is 6.45. The largest absolute Gasteiger partial charge is 0.493 e. The summed E-state index contributed by atoms with van der Waals surface area (Å²) in [5, 5.41) is 2.82. The molecular weight excluding hydrogens is 498 g/mol. The minimum Gasteiger partial charge on any atom is -0.493 e. The lowest BCUT2D eigenvalue weighted by Gasteiger charge is -2.13. The summed E-state index contributed by atoms with van der Waals surface area (Å²) in [5.74, 6) is 0.983. The first-order chi connectivity index (χ1) is 14.0. The highest BCUT2D eigenvalue weighted by molar-refractivity contribution is 9.10. The molecule has 3 aromatic carbocycles. The number of rotatable bonds is 7. The molecule has 148 valence electrons. The molecule has 0 aliphatic heterocycles. The van der Waals surface area contributed by atoms with Crippen LogP contribution in [0, 0.1) is 0 Å². The van der Waals surface area contributed by atoms with Crippen LogP contribution in [0.15, 0.2) is 81.8 Å². The number of anilines is 1. The van der Waals surface area contributed by atoms with Crippen molar-refractivity contribution < 1.29 is 14.3 Å². The fourth-order valence-corrected chi connectivity index (χ4v) is 3.60. The molecule has 6 heteroatoms. The van der Waals surface area contributed by atoms with E-state index in [1.54, 1.807) is 13.2 Å². The van der Waals surface area contributed by atoms with Gasteiger partial charge in [-0.1, -0.05) is 52.3 Å². The molecule has 0 heterocycles. The quantitative estimate of drug-likeness (QED) is 0.367. The third-order valence-corrected chi connectivity index (χ3v) is 5.08. The summed E-state index contributed by atoms with van der Waals surface area (Å²) in [6.07, 6.45) is 3.20. The smallest absolute Gasteiger partial charge is 0.248 e. The van der Waals surface area contributed by atoms with Crippen molar-refractivity contribution >= 4 is 49.5 Å². The topological polar surface area (TPSA) is 47.6 Å². The molecule has 0 bridgehead atoms. The zero-order chi connectivity index (χ0) is 20.6. The average Bonchev–Trinajstić information content (AvgIpc) is 2.72. The summed E-state index contributed by atoms with van der Waals surface area (Å²) in [7, 11) is 1.59. The van der Waals surface area contributed by atoms with E-state index < -0.39 is 0 Å². The summed E-state index contributed by atoms with van der Waals surface area (Å²) in [6, 6.07) is 21.0. The maximum atomic E-state index is 12.2. The zero-order valence-electron chi connectivity index (χ0n) is 15.7. The van der Waals surface area contributed by atoms with E-state index in [9.17, 15) is 4.79 Å². The van der Waals surface area contributed by atoms with Crippen LogP contribution in [0.2, 0.25) is 0 Å². The van der Waals surface area contributed by atoms with E-state index in [2.05, 4.69) is 37.2 Å². The van der Waals surface area contributed by atoms with Crippen LogP contribution < -0.4 is 14.8 Å². The molecule has 0 spiro atoms. The number of ether oxygens (including phenoxy) is 2. The van der Waals surface area contributed by atoms with Gasteiger partial charge in [0.1, 0.15) is 6.61 Å². The van der Waals surface area contributed by atoms with Crippen LogP contribution >= 0.6 is 31.9 Å². The number of carbonyl (C=O) groups is 1. The SMILES string of the molecule is COc1cc(/C=C/C(=O)Nc2cccc(Br)c2)cc(Br)c1OCc1ccccc1. The molecule has 1 N–H and O–H groups in total. The molecule has 4 nitrogen and oxygen atoms in total. The zero-order valence-corrected chi connectivity index (χ0v) is 18.9. The maximum absolute atomic E-state index is 12.2. The van der Waals surface area contributed by atoms with Crippen LogP contribution in [0.3, 0.4) is 0 Å². The van der Waals surface area contributed by atoms with Gasteiger partial charge >= 0.3 is 0 Å². The van der Waals surface area contributed by atoms with Crippen molar-refractivity contribution in [2.45, 2.75) is 6.61 Å². The molecule has 0 atom stereocenters. The number of hydrogen-bond acceptors (Lipinski definition) is 3. The van der Waals surface area contributed by atoms with Crippen molar-refractivity contribution in [2.24, 2.45) is 0 Å². The van der Waals surface area contributed by atoms with E-state index >= 15 is 0 Å². The van der Waals surface area contributed by atoms with Gasteiger partial charge in [0.25, 0.3) is 0 Å². The highest BCUT2D eigenvalue weighted by Crippen LogP contribution is 2.37. The van der Waals surface area contributed by atoms with Crippen LogP contribution in [0.4, 0.5) is 5.69 Å². The monoisotopic (exact) mass is 515 g/mol. The van der Waals surface area contributed by atoms with Crippen molar-refractivity contribution in [3.05, 3.63) is 92.9 Å². The first-order valence-electron chi connectivity index (χ1n) is 8.84. The van der Waals surface area contributed by atoms with Gasteiger partial charge in [0.2, 0.25) is 5.91 Å². The van der Waals surface area contributed by atoms with Crippen molar-refractivity contribution in [3.63, 3.8) is 0 Å². The van der Waals surface area contributed by atoms with Gasteiger partial charge in [-0.05, 0) is 63.5 Å². The van der Waals surface area contributed by atoms with Gasteiger partial charge in [0.05, 0.1) is 11.6 Å².